The van der Waals surface area contributed by atoms with Gasteiger partial charge in [0.05, 0.1) is 6.61 Å². The molecule has 2 heterocycles. The van der Waals surface area contributed by atoms with Crippen LogP contribution in [0.2, 0.25) is 0 Å². The van der Waals surface area contributed by atoms with Gasteiger partial charge in [0.1, 0.15) is 0 Å². The lowest BCUT2D eigenvalue weighted by Gasteiger charge is -2.03. The minimum Gasteiger partial charge on any atom is -0.461 e. The Kier molecular flexibility index (Phi) is 3.09. The van der Waals surface area contributed by atoms with Crippen molar-refractivity contribution < 1.29 is 9.53 Å². The number of rotatable bonds is 4. The van der Waals surface area contributed by atoms with Crippen molar-refractivity contribution in [3.05, 3.63) is 24.4 Å². The van der Waals surface area contributed by atoms with E-state index in [1.807, 2.05) is 6.92 Å². The minimum absolute atomic E-state index is 0.173. The van der Waals surface area contributed by atoms with Crippen LogP contribution >= 0.6 is 0 Å². The van der Waals surface area contributed by atoms with E-state index < -0.39 is 5.97 Å². The number of carbonyl (C=O) groups is 1. The maximum Gasteiger partial charge on any atom is 0.360 e. The largest absolute Gasteiger partial charge is 0.461 e. The van der Waals surface area contributed by atoms with E-state index in [1.165, 1.54) is 10.7 Å². The van der Waals surface area contributed by atoms with E-state index in [9.17, 15) is 4.79 Å². The Morgan fingerprint density at radius 1 is 1.62 bits per heavy atom. The van der Waals surface area contributed by atoms with E-state index in [4.69, 9.17) is 4.74 Å². The second-order valence-electron chi connectivity index (χ2n) is 3.25. The van der Waals surface area contributed by atoms with Gasteiger partial charge in [0.25, 0.3) is 0 Å². The van der Waals surface area contributed by atoms with E-state index in [2.05, 4.69) is 21.4 Å². The van der Waals surface area contributed by atoms with Crippen LogP contribution in [0, 0.1) is 6.33 Å². The number of unbranched alkanes of at least 4 members (excludes halogenated alkanes) is 1. The summed E-state index contributed by atoms with van der Waals surface area (Å²) in [6.07, 6.45) is 7.31. The van der Waals surface area contributed by atoms with E-state index in [1.54, 1.807) is 6.20 Å². The molecule has 83 valence electrons. The Bertz CT molecular complexity index is 494. The van der Waals surface area contributed by atoms with Crippen LogP contribution in [-0.2, 0) is 4.74 Å². The summed E-state index contributed by atoms with van der Waals surface area (Å²) in [5.41, 5.74) is 0.538. The maximum absolute atomic E-state index is 11.7. The fraction of sp³-hybridized carbons (Fsp3) is 0.400. The molecule has 0 N–H and O–H groups in total. The first kappa shape index (κ1) is 10.5. The van der Waals surface area contributed by atoms with Gasteiger partial charge in [-0.05, 0) is 6.42 Å². The molecule has 0 unspecified atom stereocenters. The minimum atomic E-state index is -0.472. The molecule has 2 aromatic rings. The molecule has 0 saturated heterocycles. The first-order valence-electron chi connectivity index (χ1n) is 5.07. The molecule has 6 heteroatoms. The van der Waals surface area contributed by atoms with E-state index in [-0.39, 0.29) is 5.69 Å². The Hall–Kier alpha value is -1.98. The monoisotopic (exact) mass is 219 g/mol. The smallest absolute Gasteiger partial charge is 0.360 e. The molecule has 0 aliphatic heterocycles. The van der Waals surface area contributed by atoms with E-state index in [0.29, 0.717) is 12.3 Å². The first-order valence-corrected chi connectivity index (χ1v) is 5.07. The van der Waals surface area contributed by atoms with Crippen LogP contribution in [0.25, 0.3) is 5.65 Å². The Morgan fingerprint density at radius 3 is 3.31 bits per heavy atom. The van der Waals surface area contributed by atoms with Crippen molar-refractivity contribution in [2.75, 3.05) is 6.61 Å². The highest BCUT2D eigenvalue weighted by Gasteiger charge is 2.14. The summed E-state index contributed by atoms with van der Waals surface area (Å²) >= 11 is 0. The highest BCUT2D eigenvalue weighted by Crippen LogP contribution is 2.05. The van der Waals surface area contributed by atoms with Gasteiger partial charge in [0.2, 0.25) is 6.33 Å². The van der Waals surface area contributed by atoms with Crippen molar-refractivity contribution in [3.8, 4) is 0 Å². The van der Waals surface area contributed by atoms with Gasteiger partial charge < -0.3 is 4.74 Å². The molecule has 16 heavy (non-hydrogen) atoms. The van der Waals surface area contributed by atoms with Crippen LogP contribution < -0.4 is 0 Å². The molecule has 0 aromatic carbocycles. The zero-order chi connectivity index (χ0) is 11.4. The van der Waals surface area contributed by atoms with Crippen LogP contribution in [0.15, 0.2) is 12.4 Å². The van der Waals surface area contributed by atoms with Crippen LogP contribution in [0.4, 0.5) is 0 Å². The van der Waals surface area contributed by atoms with Gasteiger partial charge in [-0.1, -0.05) is 13.3 Å². The van der Waals surface area contributed by atoms with Crippen molar-refractivity contribution in [3.63, 3.8) is 0 Å². The summed E-state index contributed by atoms with van der Waals surface area (Å²) in [5.74, 6) is -0.472. The summed E-state index contributed by atoms with van der Waals surface area (Å²) < 4.78 is 6.48. The SMILES string of the molecule is CCCCOC(=O)c1nccn2n[c]nc12. The van der Waals surface area contributed by atoms with Gasteiger partial charge in [-0.2, -0.15) is 0 Å². The van der Waals surface area contributed by atoms with E-state index in [0.717, 1.165) is 12.8 Å². The second-order valence-corrected chi connectivity index (χ2v) is 3.25. The van der Waals surface area contributed by atoms with E-state index >= 15 is 0 Å². The number of nitrogens with zero attached hydrogens (tertiary/aromatic N) is 4. The molecular weight excluding hydrogens is 208 g/mol. The summed E-state index contributed by atoms with van der Waals surface area (Å²) in [5, 5.41) is 3.79. The fourth-order valence-corrected chi connectivity index (χ4v) is 1.23. The average Bonchev–Trinajstić information content (AvgIpc) is 2.76. The summed E-state index contributed by atoms with van der Waals surface area (Å²) in [6, 6.07) is 0. The molecule has 0 atom stereocenters. The topological polar surface area (TPSA) is 69.4 Å². The molecule has 0 saturated carbocycles. The molecule has 0 amide bonds. The molecule has 0 fully saturated rings. The summed E-state index contributed by atoms with van der Waals surface area (Å²) in [6.45, 7) is 2.43. The van der Waals surface area contributed by atoms with Crippen LogP contribution in [0.3, 0.4) is 0 Å². The van der Waals surface area contributed by atoms with Crippen LogP contribution in [0.5, 0.6) is 0 Å². The number of aromatic nitrogens is 4. The molecule has 0 aliphatic rings. The highest BCUT2D eigenvalue weighted by atomic mass is 16.5. The fourth-order valence-electron chi connectivity index (χ4n) is 1.23. The lowest BCUT2D eigenvalue weighted by Crippen LogP contribution is -2.10. The highest BCUT2D eigenvalue weighted by molar-refractivity contribution is 5.93. The molecule has 2 aromatic heterocycles. The lowest BCUT2D eigenvalue weighted by molar-refractivity contribution is 0.0494. The van der Waals surface area contributed by atoms with Gasteiger partial charge in [-0.25, -0.2) is 19.3 Å². The first-order chi connectivity index (χ1) is 7.83. The molecule has 0 bridgehead atoms. The number of hydrogen-bond acceptors (Lipinski definition) is 5. The molecule has 0 aliphatic carbocycles. The number of hydrogen-bond donors (Lipinski definition) is 0. The Labute approximate surface area is 92.3 Å². The second kappa shape index (κ2) is 4.69. The normalized spacial score (nSPS) is 10.6. The van der Waals surface area contributed by atoms with Gasteiger partial charge in [-0.15, -0.1) is 5.10 Å². The quantitative estimate of drug-likeness (QED) is 0.564. The maximum atomic E-state index is 11.7. The number of fused-ring (bicyclic) bond motifs is 1. The van der Waals surface area contributed by atoms with Crippen molar-refractivity contribution >= 4 is 11.6 Å². The molecular formula is C10H11N4O2. The van der Waals surface area contributed by atoms with Gasteiger partial charge >= 0.3 is 5.97 Å². The molecule has 6 nitrogen and oxygen atoms in total. The Morgan fingerprint density at radius 2 is 2.50 bits per heavy atom. The summed E-state index contributed by atoms with van der Waals surface area (Å²) in [4.78, 5) is 19.4. The molecule has 1 radical (unpaired) electrons. The zero-order valence-electron chi connectivity index (χ0n) is 8.88. The standard InChI is InChI=1S/C10H11N4O2/c1-2-3-6-16-10(15)8-9-12-7-13-14(9)5-4-11-8/h4-5H,2-3,6H2,1H3. The summed E-state index contributed by atoms with van der Waals surface area (Å²) in [7, 11) is 0. The predicted octanol–water partition coefficient (Wildman–Crippen LogP) is 0.881. The zero-order valence-corrected chi connectivity index (χ0v) is 8.88. The van der Waals surface area contributed by atoms with Gasteiger partial charge in [0.15, 0.2) is 11.3 Å². The number of esters is 1. The van der Waals surface area contributed by atoms with Crippen molar-refractivity contribution in [1.82, 2.24) is 19.6 Å². The third-order valence-corrected chi connectivity index (χ3v) is 2.07. The van der Waals surface area contributed by atoms with Crippen molar-refractivity contribution in [1.29, 1.82) is 0 Å². The third-order valence-electron chi connectivity index (χ3n) is 2.07. The van der Waals surface area contributed by atoms with Crippen LogP contribution in [-0.4, -0.2) is 32.2 Å². The number of carbonyl (C=O) groups excluding carboxylic acids is 1. The van der Waals surface area contributed by atoms with Crippen molar-refractivity contribution in [2.45, 2.75) is 19.8 Å². The van der Waals surface area contributed by atoms with Gasteiger partial charge in [0, 0.05) is 12.4 Å². The predicted molar refractivity (Wildman–Crippen MR) is 54.8 cm³/mol. The molecule has 2 rings (SSSR count). The van der Waals surface area contributed by atoms with Gasteiger partial charge in [-0.3, -0.25) is 0 Å². The Balaban J connectivity index is 2.19. The average molecular weight is 219 g/mol. The van der Waals surface area contributed by atoms with Crippen molar-refractivity contribution in [2.24, 2.45) is 0 Å². The number of ether oxygens (including phenoxy) is 1. The van der Waals surface area contributed by atoms with Crippen LogP contribution in [0.1, 0.15) is 30.3 Å². The molecule has 0 spiro atoms. The lowest BCUT2D eigenvalue weighted by atomic mass is 10.3. The third kappa shape index (κ3) is 2.00.